The number of morpholine rings is 1. The molecular weight excluding hydrogens is 470 g/mol. The van der Waals surface area contributed by atoms with Crippen molar-refractivity contribution < 1.29 is 14.3 Å². The summed E-state index contributed by atoms with van der Waals surface area (Å²) in [6.45, 7) is 11.3. The van der Waals surface area contributed by atoms with E-state index < -0.39 is 0 Å². The normalized spacial score (nSPS) is 14.8. The molecule has 0 amide bonds. The fourth-order valence-electron chi connectivity index (χ4n) is 4.30. The Balaban J connectivity index is 1.19. The Bertz CT molecular complexity index is 1350. The van der Waals surface area contributed by atoms with Crippen LogP contribution in [0, 0.1) is 0 Å². The number of hydrogen-bond donors (Lipinski definition) is 1. The Morgan fingerprint density at radius 2 is 1.86 bits per heavy atom. The van der Waals surface area contributed by atoms with Crippen LogP contribution in [0.15, 0.2) is 42.9 Å². The molecule has 1 aromatic carbocycles. The number of ether oxygens (including phenoxy) is 2. The van der Waals surface area contributed by atoms with Crippen LogP contribution >= 0.6 is 0 Å². The van der Waals surface area contributed by atoms with Gasteiger partial charge in [-0.25, -0.2) is 14.6 Å². The number of benzene rings is 1. The molecule has 10 nitrogen and oxygen atoms in total. The molecule has 4 aromatic rings. The van der Waals surface area contributed by atoms with Gasteiger partial charge in [0.05, 0.1) is 31.6 Å². The molecule has 1 N–H and O–H groups in total. The molecule has 0 saturated carbocycles. The number of carbonyl (C=O) groups excluding carboxylic acids is 1. The quantitative estimate of drug-likeness (QED) is 0.370. The number of fused-ring (bicyclic) bond motifs is 1. The lowest BCUT2D eigenvalue weighted by Crippen LogP contribution is -2.38. The first-order valence-corrected chi connectivity index (χ1v) is 12.6. The van der Waals surface area contributed by atoms with Crippen LogP contribution in [0.5, 0.6) is 11.6 Å². The topological polar surface area (TPSA) is 111 Å². The van der Waals surface area contributed by atoms with Gasteiger partial charge in [-0.2, -0.15) is 10.2 Å². The number of ketones is 1. The van der Waals surface area contributed by atoms with Crippen LogP contribution in [0.25, 0.3) is 11.0 Å². The van der Waals surface area contributed by atoms with E-state index in [9.17, 15) is 4.79 Å². The lowest BCUT2D eigenvalue weighted by atomic mass is 9.92. The van der Waals surface area contributed by atoms with Crippen molar-refractivity contribution in [3.05, 3.63) is 59.8 Å². The van der Waals surface area contributed by atoms with E-state index in [1.165, 1.54) is 6.33 Å². The van der Waals surface area contributed by atoms with Gasteiger partial charge in [0.25, 0.3) is 0 Å². The number of aromatic nitrogens is 6. The van der Waals surface area contributed by atoms with Crippen molar-refractivity contribution in [3.63, 3.8) is 0 Å². The van der Waals surface area contributed by atoms with Crippen molar-refractivity contribution in [1.29, 1.82) is 0 Å². The summed E-state index contributed by atoms with van der Waals surface area (Å²) in [7, 11) is 0. The van der Waals surface area contributed by atoms with Crippen molar-refractivity contribution in [3.8, 4) is 11.6 Å². The number of H-pyrrole nitrogens is 1. The highest BCUT2D eigenvalue weighted by Gasteiger charge is 2.18. The van der Waals surface area contributed by atoms with E-state index in [0.29, 0.717) is 24.5 Å². The van der Waals surface area contributed by atoms with Crippen LogP contribution in [-0.4, -0.2) is 73.5 Å². The van der Waals surface area contributed by atoms with E-state index in [-0.39, 0.29) is 11.2 Å². The molecule has 1 aliphatic rings. The van der Waals surface area contributed by atoms with E-state index in [0.717, 1.165) is 67.4 Å². The highest BCUT2D eigenvalue weighted by molar-refractivity contribution is 5.83. The summed E-state index contributed by atoms with van der Waals surface area (Å²) in [6.07, 6.45) is 3.92. The minimum absolute atomic E-state index is 0.0511. The molecule has 4 heterocycles. The predicted octanol–water partition coefficient (Wildman–Crippen LogP) is 3.33. The summed E-state index contributed by atoms with van der Waals surface area (Å²) >= 11 is 0. The van der Waals surface area contributed by atoms with Crippen molar-refractivity contribution >= 4 is 16.8 Å². The maximum absolute atomic E-state index is 12.6. The molecule has 0 atom stereocenters. The van der Waals surface area contributed by atoms with Gasteiger partial charge < -0.3 is 9.47 Å². The summed E-state index contributed by atoms with van der Waals surface area (Å²) < 4.78 is 13.4. The molecular formula is C27H33N7O3. The smallest absolute Gasteiger partial charge is 0.233 e. The van der Waals surface area contributed by atoms with E-state index >= 15 is 0 Å². The Kier molecular flexibility index (Phi) is 7.29. The minimum Gasteiger partial charge on any atom is -0.438 e. The van der Waals surface area contributed by atoms with Crippen molar-refractivity contribution in [1.82, 2.24) is 34.8 Å². The number of carbonyl (C=O) groups is 1. The van der Waals surface area contributed by atoms with Gasteiger partial charge in [0.15, 0.2) is 5.65 Å². The van der Waals surface area contributed by atoms with Crippen molar-refractivity contribution in [2.45, 2.75) is 45.6 Å². The third kappa shape index (κ3) is 6.20. The highest BCUT2D eigenvalue weighted by Crippen LogP contribution is 2.27. The summed E-state index contributed by atoms with van der Waals surface area (Å²) in [5.74, 6) is 1.22. The van der Waals surface area contributed by atoms with Gasteiger partial charge in [0, 0.05) is 43.6 Å². The van der Waals surface area contributed by atoms with E-state index in [1.54, 1.807) is 6.20 Å². The Morgan fingerprint density at radius 3 is 2.59 bits per heavy atom. The molecule has 0 radical (unpaired) electrons. The fraction of sp³-hybridized carbons (Fsp3) is 0.444. The summed E-state index contributed by atoms with van der Waals surface area (Å²) in [4.78, 5) is 23.7. The van der Waals surface area contributed by atoms with Gasteiger partial charge in [-0.1, -0.05) is 32.9 Å². The van der Waals surface area contributed by atoms with Crippen molar-refractivity contribution in [2.24, 2.45) is 0 Å². The van der Waals surface area contributed by atoms with Crippen LogP contribution in [0.1, 0.15) is 37.7 Å². The van der Waals surface area contributed by atoms with Gasteiger partial charge in [0.1, 0.15) is 23.2 Å². The minimum atomic E-state index is -0.0511. The van der Waals surface area contributed by atoms with Crippen LogP contribution < -0.4 is 4.74 Å². The number of nitrogens with one attached hydrogen (secondary N) is 1. The second-order valence-corrected chi connectivity index (χ2v) is 10.4. The Hall–Kier alpha value is -3.63. The molecule has 5 rings (SSSR count). The SMILES string of the molecule is CC(C)(C)c1cc(CC(=O)Cc2ccc(Oc3ncnc4c3cnn4CCN3CCOCC3)cc2)[nH]n1. The largest absolute Gasteiger partial charge is 0.438 e. The van der Waals surface area contributed by atoms with Gasteiger partial charge in [-0.3, -0.25) is 14.8 Å². The zero-order chi connectivity index (χ0) is 25.8. The molecule has 0 aliphatic carbocycles. The zero-order valence-electron chi connectivity index (χ0n) is 21.6. The monoisotopic (exact) mass is 503 g/mol. The molecule has 0 unspecified atom stereocenters. The summed E-state index contributed by atoms with van der Waals surface area (Å²) in [6, 6.07) is 9.50. The molecule has 1 aliphatic heterocycles. The van der Waals surface area contributed by atoms with E-state index in [4.69, 9.17) is 9.47 Å². The zero-order valence-corrected chi connectivity index (χ0v) is 21.6. The first kappa shape index (κ1) is 25.0. The molecule has 3 aromatic heterocycles. The van der Waals surface area contributed by atoms with E-state index in [1.807, 2.05) is 35.0 Å². The lowest BCUT2D eigenvalue weighted by molar-refractivity contribution is -0.117. The average molecular weight is 504 g/mol. The Labute approximate surface area is 216 Å². The third-order valence-corrected chi connectivity index (χ3v) is 6.45. The average Bonchev–Trinajstić information content (AvgIpc) is 3.52. The van der Waals surface area contributed by atoms with Crippen LogP contribution in [0.2, 0.25) is 0 Å². The van der Waals surface area contributed by atoms with Gasteiger partial charge >= 0.3 is 0 Å². The second kappa shape index (κ2) is 10.8. The first-order valence-electron chi connectivity index (χ1n) is 12.6. The van der Waals surface area contributed by atoms with Crippen molar-refractivity contribution in [2.75, 3.05) is 32.8 Å². The predicted molar refractivity (Wildman–Crippen MR) is 139 cm³/mol. The number of nitrogens with zero attached hydrogens (tertiary/aromatic N) is 6. The van der Waals surface area contributed by atoms with Gasteiger partial charge in [-0.15, -0.1) is 0 Å². The number of Topliss-reactive ketones (excluding diaryl/α,β-unsaturated/α-hetero) is 1. The molecule has 10 heteroatoms. The maximum atomic E-state index is 12.6. The van der Waals surface area contributed by atoms with Gasteiger partial charge in [0.2, 0.25) is 5.88 Å². The molecule has 194 valence electrons. The molecule has 1 fully saturated rings. The fourth-order valence-corrected chi connectivity index (χ4v) is 4.30. The summed E-state index contributed by atoms with van der Waals surface area (Å²) in [5.41, 5.74) is 3.42. The number of hydrogen-bond acceptors (Lipinski definition) is 8. The maximum Gasteiger partial charge on any atom is 0.233 e. The van der Waals surface area contributed by atoms with Crippen LogP contribution in [0.4, 0.5) is 0 Å². The number of rotatable bonds is 9. The standard InChI is InChI=1S/C27H33N7O3/c1-27(2,3)24-16-20(31-32-24)15-21(35)14-19-4-6-22(7-5-19)37-26-23-17-30-34(25(23)28-18-29-26)9-8-33-10-12-36-13-11-33/h4-7,16-18H,8-15H2,1-3H3,(H,31,32). The van der Waals surface area contributed by atoms with Gasteiger partial charge in [-0.05, 0) is 23.8 Å². The number of aromatic amines is 1. The summed E-state index contributed by atoms with van der Waals surface area (Å²) in [5, 5.41) is 12.6. The molecule has 0 bridgehead atoms. The molecule has 0 spiro atoms. The first-order chi connectivity index (χ1) is 17.8. The van der Waals surface area contributed by atoms with Crippen LogP contribution in [-0.2, 0) is 34.3 Å². The Morgan fingerprint density at radius 1 is 1.08 bits per heavy atom. The lowest BCUT2D eigenvalue weighted by Gasteiger charge is -2.26. The molecule has 37 heavy (non-hydrogen) atoms. The van der Waals surface area contributed by atoms with Crippen LogP contribution in [0.3, 0.4) is 0 Å². The van der Waals surface area contributed by atoms with E-state index in [2.05, 4.69) is 50.9 Å². The third-order valence-electron chi connectivity index (χ3n) is 6.45. The second-order valence-electron chi connectivity index (χ2n) is 10.4. The highest BCUT2D eigenvalue weighted by atomic mass is 16.5. The molecule has 1 saturated heterocycles.